The number of carboxylic acid groups (broad SMARTS) is 1. The Bertz CT molecular complexity index is 636. The summed E-state index contributed by atoms with van der Waals surface area (Å²) < 4.78 is 5.73. The molecule has 0 unspecified atom stereocenters. The van der Waals surface area contributed by atoms with Gasteiger partial charge < -0.3 is 9.84 Å². The number of nitrogens with zero attached hydrogens (tertiary/aromatic N) is 2. The normalized spacial score (nSPS) is 10.3. The Kier molecular flexibility index (Phi) is 3.98. The lowest BCUT2D eigenvalue weighted by Crippen LogP contribution is -2.01. The molecule has 0 aliphatic carbocycles. The van der Waals surface area contributed by atoms with Gasteiger partial charge >= 0.3 is 5.97 Å². The summed E-state index contributed by atoms with van der Waals surface area (Å²) in [5.74, 6) is 0.961. The standard InChI is InChI=1S/C15H16N2O3/c1-9-10(2)16-11(3)17-15(9)20-13-6-4-12(5-7-13)8-14(18)19/h4-7H,8H2,1-3H3,(H,18,19). The van der Waals surface area contributed by atoms with E-state index in [9.17, 15) is 4.79 Å². The monoisotopic (exact) mass is 272 g/mol. The molecule has 1 aromatic carbocycles. The second-order valence-electron chi connectivity index (χ2n) is 4.60. The Labute approximate surface area is 117 Å². The molecule has 2 aromatic rings. The molecule has 0 fully saturated rings. The topological polar surface area (TPSA) is 72.3 Å². The van der Waals surface area contributed by atoms with Gasteiger partial charge in [0.2, 0.25) is 5.88 Å². The SMILES string of the molecule is Cc1nc(C)c(C)c(Oc2ccc(CC(=O)O)cc2)n1. The van der Waals surface area contributed by atoms with E-state index in [1.807, 2.05) is 20.8 Å². The van der Waals surface area contributed by atoms with Crippen molar-refractivity contribution in [3.8, 4) is 11.6 Å². The largest absolute Gasteiger partial charge is 0.481 e. The highest BCUT2D eigenvalue weighted by Gasteiger charge is 2.08. The quantitative estimate of drug-likeness (QED) is 0.926. The fourth-order valence-electron chi connectivity index (χ4n) is 1.80. The lowest BCUT2D eigenvalue weighted by Gasteiger charge is -2.10. The molecule has 0 spiro atoms. The molecule has 0 radical (unpaired) electrons. The molecule has 104 valence electrons. The van der Waals surface area contributed by atoms with Crippen LogP contribution in [0.1, 0.15) is 22.6 Å². The predicted octanol–water partition coefficient (Wildman–Crippen LogP) is 2.82. The van der Waals surface area contributed by atoms with E-state index in [2.05, 4.69) is 9.97 Å². The Hall–Kier alpha value is -2.43. The van der Waals surface area contributed by atoms with E-state index in [0.717, 1.165) is 16.8 Å². The van der Waals surface area contributed by atoms with Gasteiger partial charge in [-0.15, -0.1) is 0 Å². The Morgan fingerprint density at radius 1 is 1.15 bits per heavy atom. The van der Waals surface area contributed by atoms with Crippen molar-refractivity contribution in [3.63, 3.8) is 0 Å². The van der Waals surface area contributed by atoms with Crippen molar-refractivity contribution in [1.82, 2.24) is 9.97 Å². The van der Waals surface area contributed by atoms with Crippen molar-refractivity contribution in [1.29, 1.82) is 0 Å². The zero-order valence-corrected chi connectivity index (χ0v) is 11.7. The minimum Gasteiger partial charge on any atom is -0.481 e. The highest BCUT2D eigenvalue weighted by Crippen LogP contribution is 2.24. The molecule has 0 aliphatic heterocycles. The number of carbonyl (C=O) groups is 1. The van der Waals surface area contributed by atoms with E-state index in [4.69, 9.17) is 9.84 Å². The van der Waals surface area contributed by atoms with Crippen LogP contribution in [0.3, 0.4) is 0 Å². The van der Waals surface area contributed by atoms with Gasteiger partial charge in [-0.05, 0) is 38.5 Å². The van der Waals surface area contributed by atoms with Crippen molar-refractivity contribution >= 4 is 5.97 Å². The van der Waals surface area contributed by atoms with E-state index < -0.39 is 5.97 Å². The second-order valence-corrected chi connectivity index (χ2v) is 4.60. The lowest BCUT2D eigenvalue weighted by molar-refractivity contribution is -0.136. The van der Waals surface area contributed by atoms with Crippen molar-refractivity contribution in [2.45, 2.75) is 27.2 Å². The number of aryl methyl sites for hydroxylation is 2. The highest BCUT2D eigenvalue weighted by molar-refractivity contribution is 5.70. The van der Waals surface area contributed by atoms with Crippen molar-refractivity contribution < 1.29 is 14.6 Å². The third-order valence-electron chi connectivity index (χ3n) is 2.95. The first kappa shape index (κ1) is 14.0. The van der Waals surface area contributed by atoms with Crippen LogP contribution in [-0.4, -0.2) is 21.0 Å². The average molecular weight is 272 g/mol. The zero-order valence-electron chi connectivity index (χ0n) is 11.7. The summed E-state index contributed by atoms with van der Waals surface area (Å²) in [6.07, 6.45) is 0.00499. The minimum absolute atomic E-state index is 0.00499. The van der Waals surface area contributed by atoms with E-state index in [1.54, 1.807) is 24.3 Å². The molecule has 20 heavy (non-hydrogen) atoms. The zero-order chi connectivity index (χ0) is 14.7. The summed E-state index contributed by atoms with van der Waals surface area (Å²) in [4.78, 5) is 19.2. The van der Waals surface area contributed by atoms with Crippen LogP contribution in [0.15, 0.2) is 24.3 Å². The molecule has 1 aromatic heterocycles. The molecule has 5 nitrogen and oxygen atoms in total. The molecule has 0 saturated heterocycles. The summed E-state index contributed by atoms with van der Waals surface area (Å²) in [5, 5.41) is 8.72. The van der Waals surface area contributed by atoms with Crippen LogP contribution in [-0.2, 0) is 11.2 Å². The van der Waals surface area contributed by atoms with Crippen LogP contribution in [0.5, 0.6) is 11.6 Å². The second kappa shape index (κ2) is 5.69. The number of hydrogen-bond donors (Lipinski definition) is 1. The maximum atomic E-state index is 10.6. The van der Waals surface area contributed by atoms with Crippen LogP contribution in [0, 0.1) is 20.8 Å². The average Bonchev–Trinajstić information content (AvgIpc) is 2.37. The molecular formula is C15H16N2O3. The smallest absolute Gasteiger partial charge is 0.307 e. The van der Waals surface area contributed by atoms with Gasteiger partial charge in [0.15, 0.2) is 0 Å². The number of ether oxygens (including phenoxy) is 1. The van der Waals surface area contributed by atoms with Crippen molar-refractivity contribution in [3.05, 3.63) is 46.9 Å². The van der Waals surface area contributed by atoms with Gasteiger partial charge in [0.1, 0.15) is 11.6 Å². The maximum Gasteiger partial charge on any atom is 0.307 e. The number of aromatic nitrogens is 2. The summed E-state index contributed by atoms with van der Waals surface area (Å²) in [6, 6.07) is 6.95. The fraction of sp³-hybridized carbons (Fsp3) is 0.267. The van der Waals surface area contributed by atoms with E-state index in [1.165, 1.54) is 0 Å². The van der Waals surface area contributed by atoms with E-state index in [0.29, 0.717) is 17.5 Å². The fourth-order valence-corrected chi connectivity index (χ4v) is 1.80. The first-order chi connectivity index (χ1) is 9.45. The molecule has 5 heteroatoms. The van der Waals surface area contributed by atoms with Gasteiger partial charge in [0.05, 0.1) is 6.42 Å². The molecule has 0 saturated carbocycles. The number of hydrogen-bond acceptors (Lipinski definition) is 4. The van der Waals surface area contributed by atoms with Gasteiger partial charge in [0, 0.05) is 11.3 Å². The Balaban J connectivity index is 2.20. The van der Waals surface area contributed by atoms with Crippen molar-refractivity contribution in [2.24, 2.45) is 0 Å². The molecular weight excluding hydrogens is 256 g/mol. The van der Waals surface area contributed by atoms with Crippen LogP contribution in [0.4, 0.5) is 0 Å². The predicted molar refractivity (Wildman–Crippen MR) is 74.1 cm³/mol. The molecule has 0 amide bonds. The van der Waals surface area contributed by atoms with Gasteiger partial charge in [-0.1, -0.05) is 12.1 Å². The van der Waals surface area contributed by atoms with Gasteiger partial charge in [-0.2, -0.15) is 4.98 Å². The van der Waals surface area contributed by atoms with Crippen LogP contribution in [0.25, 0.3) is 0 Å². The highest BCUT2D eigenvalue weighted by atomic mass is 16.5. The van der Waals surface area contributed by atoms with E-state index in [-0.39, 0.29) is 6.42 Å². The molecule has 0 bridgehead atoms. The lowest BCUT2D eigenvalue weighted by atomic mass is 10.1. The molecule has 1 N–H and O–H groups in total. The summed E-state index contributed by atoms with van der Waals surface area (Å²) in [7, 11) is 0. The summed E-state index contributed by atoms with van der Waals surface area (Å²) >= 11 is 0. The number of rotatable bonds is 4. The van der Waals surface area contributed by atoms with Gasteiger partial charge in [0.25, 0.3) is 0 Å². The summed E-state index contributed by atoms with van der Waals surface area (Å²) in [6.45, 7) is 5.63. The Morgan fingerprint density at radius 3 is 2.40 bits per heavy atom. The molecule has 0 aliphatic rings. The maximum absolute atomic E-state index is 10.6. The number of aliphatic carboxylic acids is 1. The molecule has 1 heterocycles. The third kappa shape index (κ3) is 3.32. The third-order valence-corrected chi connectivity index (χ3v) is 2.95. The van der Waals surface area contributed by atoms with Crippen molar-refractivity contribution in [2.75, 3.05) is 0 Å². The summed E-state index contributed by atoms with van der Waals surface area (Å²) in [5.41, 5.74) is 2.51. The van der Waals surface area contributed by atoms with Gasteiger partial charge in [-0.3, -0.25) is 4.79 Å². The van der Waals surface area contributed by atoms with Gasteiger partial charge in [-0.25, -0.2) is 4.98 Å². The van der Waals surface area contributed by atoms with Crippen LogP contribution < -0.4 is 4.74 Å². The first-order valence-corrected chi connectivity index (χ1v) is 6.26. The van der Waals surface area contributed by atoms with Crippen LogP contribution in [0.2, 0.25) is 0 Å². The number of benzene rings is 1. The number of carboxylic acids is 1. The Morgan fingerprint density at radius 2 is 1.80 bits per heavy atom. The molecule has 0 atom stereocenters. The first-order valence-electron chi connectivity index (χ1n) is 6.26. The van der Waals surface area contributed by atoms with Crippen LogP contribution >= 0.6 is 0 Å². The molecule has 2 rings (SSSR count). The minimum atomic E-state index is -0.850. The van der Waals surface area contributed by atoms with E-state index >= 15 is 0 Å².